The first kappa shape index (κ1) is 20.5. The van der Waals surface area contributed by atoms with Gasteiger partial charge in [-0.2, -0.15) is 0 Å². The molecule has 1 aliphatic heterocycles. The van der Waals surface area contributed by atoms with Crippen molar-refractivity contribution in [3.05, 3.63) is 97.7 Å². The summed E-state index contributed by atoms with van der Waals surface area (Å²) in [6.07, 6.45) is 3.04. The molecule has 4 aromatic rings. The number of allylic oxidation sites excluding steroid dienone is 1. The number of fused-ring (bicyclic) bond motifs is 2. The molecule has 0 atom stereocenters. The minimum Gasteiger partial charge on any atom is -0.454 e. The van der Waals surface area contributed by atoms with E-state index < -0.39 is 11.3 Å². The molecular weight excluding hydrogens is 494 g/mol. The van der Waals surface area contributed by atoms with Crippen molar-refractivity contribution in [2.75, 3.05) is 6.79 Å². The molecule has 0 fully saturated rings. The third-order valence-corrected chi connectivity index (χ3v) is 6.15. The van der Waals surface area contributed by atoms with Crippen LogP contribution < -0.4 is 15.0 Å². The summed E-state index contributed by atoms with van der Waals surface area (Å²) >= 11 is 9.54. The highest BCUT2D eigenvalue weighted by atomic mass is 79.9. The van der Waals surface area contributed by atoms with Crippen molar-refractivity contribution in [1.82, 2.24) is 4.98 Å². The lowest BCUT2D eigenvalue weighted by Crippen LogP contribution is -2.18. The van der Waals surface area contributed by atoms with Gasteiger partial charge < -0.3 is 14.5 Å². The Bertz CT molecular complexity index is 1460. The lowest BCUT2D eigenvalue weighted by atomic mass is 9.94. The maximum atomic E-state index is 13.3. The standard InChI is InChI=1S/C25H15BrClNO4/c26-18-12-22-21(31-13-32-22)11-15(18)7-10-20(29)24-23(14-5-8-16(27)9-6-14)17-3-1-2-4-19(17)28-25(24)30/h1-12H,13H2,(H,28,30). The first-order chi connectivity index (χ1) is 15.5. The van der Waals surface area contributed by atoms with Gasteiger partial charge in [0.05, 0.1) is 5.56 Å². The van der Waals surface area contributed by atoms with E-state index in [1.165, 1.54) is 6.08 Å². The number of hydrogen-bond acceptors (Lipinski definition) is 4. The van der Waals surface area contributed by atoms with E-state index in [-0.39, 0.29) is 12.4 Å². The van der Waals surface area contributed by atoms with Gasteiger partial charge in [-0.05, 0) is 53.6 Å². The van der Waals surface area contributed by atoms with Crippen LogP contribution in [-0.4, -0.2) is 17.6 Å². The number of halogens is 2. The van der Waals surface area contributed by atoms with Gasteiger partial charge in [0.15, 0.2) is 17.3 Å². The molecule has 32 heavy (non-hydrogen) atoms. The number of para-hydroxylation sites is 1. The molecule has 0 saturated carbocycles. The van der Waals surface area contributed by atoms with Crippen LogP contribution in [0.1, 0.15) is 15.9 Å². The molecule has 0 amide bonds. The lowest BCUT2D eigenvalue weighted by molar-refractivity contribution is 0.104. The van der Waals surface area contributed by atoms with Gasteiger partial charge >= 0.3 is 0 Å². The van der Waals surface area contributed by atoms with Gasteiger partial charge in [0.25, 0.3) is 5.56 Å². The Morgan fingerprint density at radius 2 is 1.75 bits per heavy atom. The zero-order valence-corrected chi connectivity index (χ0v) is 18.9. The van der Waals surface area contributed by atoms with Crippen LogP contribution in [0.25, 0.3) is 28.1 Å². The van der Waals surface area contributed by atoms with Crippen molar-refractivity contribution in [2.24, 2.45) is 0 Å². The summed E-state index contributed by atoms with van der Waals surface area (Å²) in [4.78, 5) is 29.1. The summed E-state index contributed by atoms with van der Waals surface area (Å²) in [5, 5.41) is 1.35. The van der Waals surface area contributed by atoms with Crippen LogP contribution in [-0.2, 0) is 0 Å². The molecular formula is C25H15BrClNO4. The normalized spacial score (nSPS) is 12.6. The Morgan fingerprint density at radius 3 is 2.53 bits per heavy atom. The fourth-order valence-corrected chi connectivity index (χ4v) is 4.28. The van der Waals surface area contributed by atoms with E-state index in [1.807, 2.05) is 24.3 Å². The largest absolute Gasteiger partial charge is 0.454 e. The van der Waals surface area contributed by atoms with Crippen LogP contribution in [0.3, 0.4) is 0 Å². The smallest absolute Gasteiger partial charge is 0.260 e. The second kappa shape index (κ2) is 8.30. The maximum Gasteiger partial charge on any atom is 0.260 e. The van der Waals surface area contributed by atoms with Crippen LogP contribution >= 0.6 is 27.5 Å². The average Bonchev–Trinajstić information content (AvgIpc) is 3.24. The zero-order chi connectivity index (χ0) is 22.2. The van der Waals surface area contributed by atoms with Gasteiger partial charge in [-0.3, -0.25) is 9.59 Å². The van der Waals surface area contributed by atoms with E-state index in [2.05, 4.69) is 20.9 Å². The quantitative estimate of drug-likeness (QED) is 0.262. The number of aromatic nitrogens is 1. The van der Waals surface area contributed by atoms with E-state index >= 15 is 0 Å². The zero-order valence-electron chi connectivity index (χ0n) is 16.5. The van der Waals surface area contributed by atoms with Crippen LogP contribution in [0, 0.1) is 0 Å². The van der Waals surface area contributed by atoms with Gasteiger partial charge in [-0.25, -0.2) is 0 Å². The Kier molecular flexibility index (Phi) is 5.33. The fraction of sp³-hybridized carbons (Fsp3) is 0.0400. The third-order valence-electron chi connectivity index (χ3n) is 5.21. The van der Waals surface area contributed by atoms with Crippen molar-refractivity contribution in [2.45, 2.75) is 0 Å². The summed E-state index contributed by atoms with van der Waals surface area (Å²) in [6.45, 7) is 0.158. The molecule has 2 heterocycles. The van der Waals surface area contributed by atoms with Crippen LogP contribution in [0.4, 0.5) is 0 Å². The maximum absolute atomic E-state index is 13.3. The summed E-state index contributed by atoms with van der Waals surface area (Å²) in [7, 11) is 0. The predicted molar refractivity (Wildman–Crippen MR) is 129 cm³/mol. The van der Waals surface area contributed by atoms with Crippen LogP contribution in [0.2, 0.25) is 5.02 Å². The second-order valence-corrected chi connectivity index (χ2v) is 8.47. The summed E-state index contributed by atoms with van der Waals surface area (Å²) in [5.74, 6) is 0.827. The average molecular weight is 509 g/mol. The molecule has 5 rings (SSSR count). The lowest BCUT2D eigenvalue weighted by Gasteiger charge is -2.11. The molecule has 0 bridgehead atoms. The van der Waals surface area contributed by atoms with Gasteiger partial charge in [-0.15, -0.1) is 0 Å². The number of carbonyl (C=O) groups excluding carboxylic acids is 1. The number of hydrogen-bond donors (Lipinski definition) is 1. The number of H-pyrrole nitrogens is 1. The molecule has 3 aromatic carbocycles. The number of aromatic amines is 1. The number of benzene rings is 3. The molecule has 5 nitrogen and oxygen atoms in total. The highest BCUT2D eigenvalue weighted by Gasteiger charge is 2.20. The number of rotatable bonds is 4. The van der Waals surface area contributed by atoms with E-state index in [4.69, 9.17) is 21.1 Å². The minimum atomic E-state index is -0.451. The minimum absolute atomic E-state index is 0.0686. The monoisotopic (exact) mass is 507 g/mol. The first-order valence-corrected chi connectivity index (χ1v) is 10.9. The molecule has 1 N–H and O–H groups in total. The molecule has 0 unspecified atom stereocenters. The highest BCUT2D eigenvalue weighted by molar-refractivity contribution is 9.10. The predicted octanol–water partition coefficient (Wildman–Crippen LogP) is 6.24. The highest BCUT2D eigenvalue weighted by Crippen LogP contribution is 2.37. The molecule has 0 radical (unpaired) electrons. The summed E-state index contributed by atoms with van der Waals surface area (Å²) < 4.78 is 11.5. The SMILES string of the molecule is O=C(C=Cc1cc2c(cc1Br)OCO2)c1c(-c2ccc(Cl)cc2)c2ccccc2[nH]c1=O. The van der Waals surface area contributed by atoms with E-state index in [1.54, 1.807) is 42.5 Å². The Hall–Kier alpha value is -3.35. The third kappa shape index (κ3) is 3.72. The number of pyridine rings is 1. The molecule has 7 heteroatoms. The molecule has 158 valence electrons. The van der Waals surface area contributed by atoms with Crippen molar-refractivity contribution < 1.29 is 14.3 Å². The van der Waals surface area contributed by atoms with Gasteiger partial charge in [0, 0.05) is 26.0 Å². The van der Waals surface area contributed by atoms with Crippen LogP contribution in [0.15, 0.2) is 76.0 Å². The van der Waals surface area contributed by atoms with Crippen molar-refractivity contribution in [1.29, 1.82) is 0 Å². The van der Waals surface area contributed by atoms with E-state index in [9.17, 15) is 9.59 Å². The fourth-order valence-electron chi connectivity index (χ4n) is 3.70. The summed E-state index contributed by atoms with van der Waals surface area (Å²) in [5.41, 5.74) is 2.31. The van der Waals surface area contributed by atoms with E-state index in [0.717, 1.165) is 21.0 Å². The van der Waals surface area contributed by atoms with Crippen molar-refractivity contribution in [3.63, 3.8) is 0 Å². The summed E-state index contributed by atoms with van der Waals surface area (Å²) in [6, 6.07) is 18.0. The number of nitrogens with one attached hydrogen (secondary N) is 1. The second-order valence-electron chi connectivity index (χ2n) is 7.18. The van der Waals surface area contributed by atoms with Gasteiger partial charge in [0.2, 0.25) is 6.79 Å². The van der Waals surface area contributed by atoms with E-state index in [0.29, 0.717) is 27.6 Å². The Balaban J connectivity index is 1.64. The Morgan fingerprint density at radius 1 is 1.03 bits per heavy atom. The topological polar surface area (TPSA) is 68.4 Å². The molecule has 1 aromatic heterocycles. The number of ether oxygens (including phenoxy) is 2. The number of ketones is 1. The molecule has 0 saturated heterocycles. The number of carbonyl (C=O) groups is 1. The first-order valence-electron chi connectivity index (χ1n) is 9.74. The Labute approximate surface area is 196 Å². The van der Waals surface area contributed by atoms with Gasteiger partial charge in [0.1, 0.15) is 0 Å². The van der Waals surface area contributed by atoms with Gasteiger partial charge in [-0.1, -0.05) is 57.9 Å². The van der Waals surface area contributed by atoms with Crippen molar-refractivity contribution in [3.8, 4) is 22.6 Å². The molecule has 1 aliphatic rings. The van der Waals surface area contributed by atoms with Crippen LogP contribution in [0.5, 0.6) is 11.5 Å². The van der Waals surface area contributed by atoms with Crippen molar-refractivity contribution >= 4 is 50.3 Å². The molecule has 0 spiro atoms. The molecule has 0 aliphatic carbocycles.